The maximum atomic E-state index is 12.6. The highest BCUT2D eigenvalue weighted by molar-refractivity contribution is 5.98. The highest BCUT2D eigenvalue weighted by Gasteiger charge is 2.22. The molecule has 3 amide bonds. The summed E-state index contributed by atoms with van der Waals surface area (Å²) in [4.78, 5) is 24.3. The number of carbonyl (C=O) groups excluding carboxylic acids is 2. The van der Waals surface area contributed by atoms with Gasteiger partial charge in [0.1, 0.15) is 6.04 Å². The molecule has 1 atom stereocenters. The van der Waals surface area contributed by atoms with Gasteiger partial charge in [-0.1, -0.05) is 56.3 Å². The monoisotopic (exact) mass is 339 g/mol. The van der Waals surface area contributed by atoms with Crippen molar-refractivity contribution >= 4 is 17.6 Å². The zero-order chi connectivity index (χ0) is 18.2. The molecule has 2 aromatic carbocycles. The summed E-state index contributed by atoms with van der Waals surface area (Å²) in [5.41, 5.74) is 2.81. The van der Waals surface area contributed by atoms with Crippen LogP contribution in [-0.4, -0.2) is 18.5 Å². The molecule has 2 rings (SSSR count). The van der Waals surface area contributed by atoms with Crippen molar-refractivity contribution in [3.63, 3.8) is 0 Å². The number of imide groups is 1. The van der Waals surface area contributed by atoms with E-state index in [2.05, 4.69) is 35.9 Å². The van der Waals surface area contributed by atoms with Crippen LogP contribution in [0.15, 0.2) is 54.6 Å². The number of urea groups is 1. The van der Waals surface area contributed by atoms with Gasteiger partial charge in [-0.05, 0) is 36.1 Å². The largest absolute Gasteiger partial charge is 0.370 e. The van der Waals surface area contributed by atoms with Gasteiger partial charge in [-0.15, -0.1) is 0 Å². The van der Waals surface area contributed by atoms with E-state index < -0.39 is 18.0 Å². The summed E-state index contributed by atoms with van der Waals surface area (Å²) in [7, 11) is 0. The Balaban J connectivity index is 2.25. The molecule has 0 saturated carbocycles. The maximum absolute atomic E-state index is 12.6. The van der Waals surface area contributed by atoms with Gasteiger partial charge in [0, 0.05) is 12.2 Å². The van der Waals surface area contributed by atoms with Gasteiger partial charge in [0.15, 0.2) is 0 Å². The van der Waals surface area contributed by atoms with Gasteiger partial charge < -0.3 is 10.6 Å². The summed E-state index contributed by atoms with van der Waals surface area (Å²) in [5.74, 6) is -0.00631. The minimum Gasteiger partial charge on any atom is -0.370 e. The van der Waals surface area contributed by atoms with Crippen molar-refractivity contribution in [3.05, 3.63) is 65.7 Å². The molecular weight excluding hydrogens is 314 g/mol. The molecule has 2 aromatic rings. The van der Waals surface area contributed by atoms with Crippen molar-refractivity contribution < 1.29 is 9.59 Å². The Labute approximate surface area is 148 Å². The van der Waals surface area contributed by atoms with E-state index in [9.17, 15) is 9.59 Å². The van der Waals surface area contributed by atoms with E-state index in [0.29, 0.717) is 12.5 Å². The zero-order valence-corrected chi connectivity index (χ0v) is 14.9. The van der Waals surface area contributed by atoms with Crippen molar-refractivity contribution in [1.29, 1.82) is 0 Å². The molecule has 132 valence electrons. The number of carbonyl (C=O) groups is 2. The van der Waals surface area contributed by atoms with Gasteiger partial charge >= 0.3 is 6.03 Å². The maximum Gasteiger partial charge on any atom is 0.321 e. The molecule has 0 aliphatic heterocycles. The molecule has 0 aliphatic carbocycles. The lowest BCUT2D eigenvalue weighted by Crippen LogP contribution is -2.43. The van der Waals surface area contributed by atoms with E-state index in [1.165, 1.54) is 5.56 Å². The Morgan fingerprint density at radius 2 is 1.64 bits per heavy atom. The van der Waals surface area contributed by atoms with Crippen molar-refractivity contribution in [2.75, 3.05) is 11.9 Å². The Bertz CT molecular complexity index is 714. The summed E-state index contributed by atoms with van der Waals surface area (Å²) < 4.78 is 0. The molecule has 0 radical (unpaired) electrons. The van der Waals surface area contributed by atoms with Crippen LogP contribution in [0.5, 0.6) is 0 Å². The Morgan fingerprint density at radius 1 is 0.960 bits per heavy atom. The fourth-order valence-corrected chi connectivity index (χ4v) is 2.49. The normalized spacial score (nSPS) is 11.7. The van der Waals surface area contributed by atoms with Gasteiger partial charge in [0.2, 0.25) is 0 Å². The second-order valence-corrected chi connectivity index (χ2v) is 6.12. The third-order valence-corrected chi connectivity index (χ3v) is 3.83. The topological polar surface area (TPSA) is 70.2 Å². The molecule has 0 unspecified atom stereocenters. The Kier molecular flexibility index (Phi) is 6.57. The van der Waals surface area contributed by atoms with Crippen LogP contribution in [0.2, 0.25) is 0 Å². The lowest BCUT2D eigenvalue weighted by atomic mass is 10.0. The van der Waals surface area contributed by atoms with Gasteiger partial charge in [-0.3, -0.25) is 10.1 Å². The Hall–Kier alpha value is -2.82. The second-order valence-electron chi connectivity index (χ2n) is 6.12. The highest BCUT2D eigenvalue weighted by atomic mass is 16.2. The number of hydrogen-bond donors (Lipinski definition) is 3. The van der Waals surface area contributed by atoms with Gasteiger partial charge in [-0.25, -0.2) is 4.79 Å². The molecule has 25 heavy (non-hydrogen) atoms. The lowest BCUT2D eigenvalue weighted by molar-refractivity contribution is -0.120. The van der Waals surface area contributed by atoms with E-state index in [1.54, 1.807) is 6.92 Å². The third-order valence-electron chi connectivity index (χ3n) is 3.83. The lowest BCUT2D eigenvalue weighted by Gasteiger charge is -2.20. The average Bonchev–Trinajstić information content (AvgIpc) is 2.60. The number of anilines is 1. The number of hydrogen-bond acceptors (Lipinski definition) is 3. The molecule has 5 heteroatoms. The van der Waals surface area contributed by atoms with Crippen LogP contribution in [0.25, 0.3) is 0 Å². The molecule has 0 aromatic heterocycles. The molecule has 3 N–H and O–H groups in total. The molecule has 0 saturated heterocycles. The molecule has 0 bridgehead atoms. The predicted molar refractivity (Wildman–Crippen MR) is 101 cm³/mol. The van der Waals surface area contributed by atoms with E-state index in [1.807, 2.05) is 48.5 Å². The number of rotatable bonds is 6. The summed E-state index contributed by atoms with van der Waals surface area (Å²) in [6.07, 6.45) is 0. The van der Waals surface area contributed by atoms with E-state index in [0.717, 1.165) is 11.3 Å². The standard InChI is InChI=1S/C20H25N3O2/c1-4-21-20(25)23-19(24)18(15-9-6-5-7-10-15)22-17-12-8-11-16(13-17)14(2)3/h5-14,18,22H,4H2,1-3H3,(H2,21,23,24,25)/t18-/m1/s1. The van der Waals surface area contributed by atoms with Crippen LogP contribution in [0, 0.1) is 0 Å². The first-order chi connectivity index (χ1) is 12.0. The van der Waals surface area contributed by atoms with Crippen LogP contribution in [0.4, 0.5) is 10.5 Å². The van der Waals surface area contributed by atoms with Gasteiger partial charge in [-0.2, -0.15) is 0 Å². The van der Waals surface area contributed by atoms with Gasteiger partial charge in [0.25, 0.3) is 5.91 Å². The third kappa shape index (κ3) is 5.35. The van der Waals surface area contributed by atoms with Crippen LogP contribution < -0.4 is 16.0 Å². The fraction of sp³-hybridized carbons (Fsp3) is 0.300. The number of benzene rings is 2. The molecule has 0 heterocycles. The first-order valence-corrected chi connectivity index (χ1v) is 8.51. The quantitative estimate of drug-likeness (QED) is 0.749. The summed E-state index contributed by atoms with van der Waals surface area (Å²) in [5, 5.41) is 8.20. The van der Waals surface area contributed by atoms with Crippen molar-refractivity contribution in [1.82, 2.24) is 10.6 Å². The summed E-state index contributed by atoms with van der Waals surface area (Å²) >= 11 is 0. The van der Waals surface area contributed by atoms with Crippen LogP contribution in [-0.2, 0) is 4.79 Å². The van der Waals surface area contributed by atoms with Gasteiger partial charge in [0.05, 0.1) is 0 Å². The minimum absolute atomic E-state index is 0.390. The predicted octanol–water partition coefficient (Wildman–Crippen LogP) is 3.81. The molecular formula is C20H25N3O2. The zero-order valence-electron chi connectivity index (χ0n) is 14.9. The SMILES string of the molecule is CCNC(=O)NC(=O)[C@H](Nc1cccc(C(C)C)c1)c1ccccc1. The first-order valence-electron chi connectivity index (χ1n) is 8.51. The minimum atomic E-state index is -0.661. The summed E-state index contributed by atoms with van der Waals surface area (Å²) in [6.45, 7) is 6.50. The fourth-order valence-electron chi connectivity index (χ4n) is 2.49. The van der Waals surface area contributed by atoms with Crippen molar-refractivity contribution in [3.8, 4) is 0 Å². The van der Waals surface area contributed by atoms with Crippen molar-refractivity contribution in [2.24, 2.45) is 0 Å². The van der Waals surface area contributed by atoms with Crippen LogP contribution >= 0.6 is 0 Å². The smallest absolute Gasteiger partial charge is 0.321 e. The highest BCUT2D eigenvalue weighted by Crippen LogP contribution is 2.23. The molecule has 0 fully saturated rings. The molecule has 5 nitrogen and oxygen atoms in total. The first kappa shape index (κ1) is 18.5. The second kappa shape index (κ2) is 8.87. The van der Waals surface area contributed by atoms with Crippen LogP contribution in [0.1, 0.15) is 43.9 Å². The number of amides is 3. The van der Waals surface area contributed by atoms with E-state index >= 15 is 0 Å². The molecule has 0 aliphatic rings. The average molecular weight is 339 g/mol. The van der Waals surface area contributed by atoms with E-state index in [-0.39, 0.29) is 0 Å². The van der Waals surface area contributed by atoms with Crippen LogP contribution in [0.3, 0.4) is 0 Å². The molecule has 0 spiro atoms. The number of nitrogens with one attached hydrogen (secondary N) is 3. The van der Waals surface area contributed by atoms with E-state index in [4.69, 9.17) is 0 Å². The Morgan fingerprint density at radius 3 is 2.28 bits per heavy atom. The van der Waals surface area contributed by atoms with Crippen molar-refractivity contribution in [2.45, 2.75) is 32.7 Å². The summed E-state index contributed by atoms with van der Waals surface area (Å²) in [6, 6.07) is 16.2.